The van der Waals surface area contributed by atoms with Crippen molar-refractivity contribution >= 4 is 22.1 Å². The summed E-state index contributed by atoms with van der Waals surface area (Å²) in [7, 11) is 3.61. The highest BCUT2D eigenvalue weighted by atomic mass is 16.1. The molecule has 0 spiro atoms. The third kappa shape index (κ3) is 2.83. The van der Waals surface area contributed by atoms with Crippen molar-refractivity contribution in [1.29, 1.82) is 0 Å². The summed E-state index contributed by atoms with van der Waals surface area (Å²) in [6.45, 7) is 1.68. The van der Waals surface area contributed by atoms with Crippen LogP contribution in [0, 0.1) is 0 Å². The summed E-state index contributed by atoms with van der Waals surface area (Å²) < 4.78 is 5.19. The van der Waals surface area contributed by atoms with Crippen LogP contribution in [-0.2, 0) is 14.1 Å². The molecule has 0 amide bonds. The lowest BCUT2D eigenvalue weighted by molar-refractivity contribution is 0.536. The average Bonchev–Trinajstić information content (AvgIpc) is 3.55. The quantitative estimate of drug-likeness (QED) is 0.467. The normalized spacial score (nSPS) is 16.4. The smallest absolute Gasteiger partial charge is 0.315 e. The second-order valence-electron chi connectivity index (χ2n) is 8.12. The van der Waals surface area contributed by atoms with Crippen molar-refractivity contribution in [2.75, 3.05) is 13.1 Å². The first-order chi connectivity index (χ1) is 15.6. The van der Waals surface area contributed by atoms with Gasteiger partial charge >= 0.3 is 5.69 Å². The first-order valence-electron chi connectivity index (χ1n) is 10.5. The van der Waals surface area contributed by atoms with Gasteiger partial charge in [-0.05, 0) is 37.2 Å². The number of nitrogens with one attached hydrogen (secondary N) is 1. The minimum absolute atomic E-state index is 0.0369. The van der Waals surface area contributed by atoms with Crippen LogP contribution in [0.15, 0.2) is 47.7 Å². The maximum Gasteiger partial charge on any atom is 0.329 e. The Hall–Kier alpha value is -3.92. The highest BCUT2D eigenvalue weighted by molar-refractivity contribution is 6.00. The van der Waals surface area contributed by atoms with Crippen LogP contribution in [0.3, 0.4) is 0 Å². The molecule has 160 valence electrons. The molecule has 1 N–H and O–H groups in total. The Morgan fingerprint density at radius 1 is 1.03 bits per heavy atom. The average molecular weight is 427 g/mol. The molecular weight excluding hydrogens is 406 g/mol. The van der Waals surface area contributed by atoms with Gasteiger partial charge in [-0.15, -0.1) is 5.10 Å². The van der Waals surface area contributed by atoms with Crippen LogP contribution in [0.1, 0.15) is 12.5 Å². The molecule has 10 heteroatoms. The fourth-order valence-corrected chi connectivity index (χ4v) is 4.41. The maximum absolute atomic E-state index is 13.1. The van der Waals surface area contributed by atoms with E-state index in [-0.39, 0.29) is 11.7 Å². The number of rotatable bonds is 3. The van der Waals surface area contributed by atoms with Crippen LogP contribution in [0.5, 0.6) is 0 Å². The molecule has 0 saturated carbocycles. The lowest BCUT2D eigenvalue weighted by atomic mass is 10.1. The summed E-state index contributed by atoms with van der Waals surface area (Å²) in [6.07, 6.45) is 6.28. The summed E-state index contributed by atoms with van der Waals surface area (Å²) >= 11 is 0. The molecule has 1 fully saturated rings. The first kappa shape index (κ1) is 18.8. The highest BCUT2D eigenvalue weighted by Gasteiger charge is 2.24. The molecule has 0 aromatic carbocycles. The maximum atomic E-state index is 13.1. The van der Waals surface area contributed by atoms with Gasteiger partial charge in [0.05, 0.1) is 46.4 Å². The van der Waals surface area contributed by atoms with Crippen LogP contribution in [0.2, 0.25) is 0 Å². The predicted octanol–water partition coefficient (Wildman–Crippen LogP) is 1.68. The van der Waals surface area contributed by atoms with E-state index in [9.17, 15) is 4.79 Å². The number of imidazole rings is 1. The number of hydrogen-bond acceptors (Lipinski definition) is 7. The Kier molecular flexibility index (Phi) is 4.15. The Morgan fingerprint density at radius 2 is 1.91 bits per heavy atom. The lowest BCUT2D eigenvalue weighted by Gasteiger charge is -2.12. The second kappa shape index (κ2) is 7.06. The van der Waals surface area contributed by atoms with E-state index in [0.717, 1.165) is 64.2 Å². The Balaban J connectivity index is 1.51. The summed E-state index contributed by atoms with van der Waals surface area (Å²) in [4.78, 5) is 27.1. The van der Waals surface area contributed by atoms with Crippen molar-refractivity contribution in [1.82, 2.24) is 44.4 Å². The van der Waals surface area contributed by atoms with E-state index in [2.05, 4.69) is 25.6 Å². The topological polar surface area (TPSA) is 108 Å². The zero-order valence-electron chi connectivity index (χ0n) is 17.7. The van der Waals surface area contributed by atoms with Crippen molar-refractivity contribution in [3.63, 3.8) is 0 Å². The number of aromatic nitrogens is 8. The molecule has 1 atom stereocenters. The van der Waals surface area contributed by atoms with Crippen LogP contribution in [0.25, 0.3) is 44.7 Å². The zero-order valence-corrected chi connectivity index (χ0v) is 17.7. The van der Waals surface area contributed by atoms with E-state index in [1.165, 1.54) is 0 Å². The molecule has 1 saturated heterocycles. The van der Waals surface area contributed by atoms with Gasteiger partial charge in [-0.3, -0.25) is 23.8 Å². The number of nitrogens with zero attached hydrogens (tertiary/aromatic N) is 8. The third-order valence-electron chi connectivity index (χ3n) is 6.09. The first-order valence-corrected chi connectivity index (χ1v) is 10.5. The van der Waals surface area contributed by atoms with Gasteiger partial charge in [0.1, 0.15) is 11.2 Å². The fraction of sp³-hybridized carbons (Fsp3) is 0.273. The van der Waals surface area contributed by atoms with Crippen LogP contribution >= 0.6 is 0 Å². The standard InChI is InChI=1S/C22H21N9O/c1-29-12-18(27-28-29)16-4-3-13(9-24-16)15-5-6-17-20(26-15)21-19(11-25-17)30(2)22(32)31(21)14-7-8-23-10-14/h3-6,9,11-12,14,23H,7-8,10H2,1-2H3. The summed E-state index contributed by atoms with van der Waals surface area (Å²) in [6, 6.07) is 7.87. The second-order valence-corrected chi connectivity index (χ2v) is 8.12. The molecule has 32 heavy (non-hydrogen) atoms. The molecule has 1 aliphatic rings. The predicted molar refractivity (Wildman–Crippen MR) is 120 cm³/mol. The van der Waals surface area contributed by atoms with Gasteiger partial charge in [-0.25, -0.2) is 9.78 Å². The molecule has 1 aliphatic heterocycles. The third-order valence-corrected chi connectivity index (χ3v) is 6.09. The molecule has 0 aliphatic carbocycles. The molecular formula is C22H21N9O. The van der Waals surface area contributed by atoms with Gasteiger partial charge < -0.3 is 5.32 Å². The van der Waals surface area contributed by atoms with Gasteiger partial charge in [0.15, 0.2) is 0 Å². The minimum atomic E-state index is -0.0369. The highest BCUT2D eigenvalue weighted by Crippen LogP contribution is 2.28. The number of pyridine rings is 3. The lowest BCUT2D eigenvalue weighted by Crippen LogP contribution is -2.27. The van der Waals surface area contributed by atoms with Crippen molar-refractivity contribution < 1.29 is 0 Å². The molecule has 10 nitrogen and oxygen atoms in total. The largest absolute Gasteiger partial charge is 0.329 e. The van der Waals surface area contributed by atoms with Gasteiger partial charge in [-0.1, -0.05) is 5.21 Å². The van der Waals surface area contributed by atoms with E-state index < -0.39 is 0 Å². The molecule has 5 aromatic rings. The summed E-state index contributed by atoms with van der Waals surface area (Å²) in [5.41, 5.74) is 6.19. The SMILES string of the molecule is Cn1cc(-c2ccc(-c3ccc4ncc5c(c4n3)n(C3CCNC3)c(=O)n5C)cn2)nn1. The van der Waals surface area contributed by atoms with Crippen molar-refractivity contribution in [3.8, 4) is 22.6 Å². The number of hydrogen-bond donors (Lipinski definition) is 1. The van der Waals surface area contributed by atoms with Crippen LogP contribution in [-0.4, -0.2) is 52.2 Å². The Labute approximate surface area is 182 Å². The minimum Gasteiger partial charge on any atom is -0.315 e. The van der Waals surface area contributed by atoms with E-state index in [1.54, 1.807) is 28.7 Å². The molecule has 1 unspecified atom stereocenters. The zero-order chi connectivity index (χ0) is 21.8. The molecule has 0 radical (unpaired) electrons. The van der Waals surface area contributed by atoms with Crippen molar-refractivity contribution in [3.05, 3.63) is 53.3 Å². The Bertz CT molecular complexity index is 1520. The van der Waals surface area contributed by atoms with Crippen molar-refractivity contribution in [2.45, 2.75) is 12.5 Å². The molecule has 6 heterocycles. The van der Waals surface area contributed by atoms with Crippen LogP contribution < -0.4 is 11.0 Å². The van der Waals surface area contributed by atoms with Gasteiger partial charge in [0.2, 0.25) is 0 Å². The van der Waals surface area contributed by atoms with Gasteiger partial charge in [0.25, 0.3) is 0 Å². The van der Waals surface area contributed by atoms with Crippen LogP contribution in [0.4, 0.5) is 0 Å². The molecule has 0 bridgehead atoms. The van der Waals surface area contributed by atoms with E-state index in [1.807, 2.05) is 42.1 Å². The van der Waals surface area contributed by atoms with Gasteiger partial charge in [-0.2, -0.15) is 0 Å². The molecule has 5 aromatic heterocycles. The van der Waals surface area contributed by atoms with E-state index in [4.69, 9.17) is 4.98 Å². The monoisotopic (exact) mass is 427 g/mol. The molecule has 6 rings (SSSR count). The fourth-order valence-electron chi connectivity index (χ4n) is 4.41. The number of fused-ring (bicyclic) bond motifs is 3. The van der Waals surface area contributed by atoms with Crippen molar-refractivity contribution in [2.24, 2.45) is 14.1 Å². The Morgan fingerprint density at radius 3 is 2.62 bits per heavy atom. The van der Waals surface area contributed by atoms with E-state index >= 15 is 0 Å². The summed E-state index contributed by atoms with van der Waals surface area (Å²) in [5, 5.41) is 11.4. The summed E-state index contributed by atoms with van der Waals surface area (Å²) in [5.74, 6) is 0. The van der Waals surface area contributed by atoms with E-state index in [0.29, 0.717) is 0 Å². The van der Waals surface area contributed by atoms with Gasteiger partial charge in [0, 0.05) is 32.4 Å². The number of aryl methyl sites for hydroxylation is 2.